The van der Waals surface area contributed by atoms with E-state index in [1.165, 1.54) is 5.56 Å². The zero-order valence-electron chi connectivity index (χ0n) is 14.1. The van der Waals surface area contributed by atoms with Crippen molar-refractivity contribution in [1.82, 2.24) is 4.90 Å². The molecule has 1 atom stereocenters. The van der Waals surface area contributed by atoms with Crippen LogP contribution in [0.25, 0.3) is 0 Å². The highest BCUT2D eigenvalue weighted by Gasteiger charge is 2.30. The molecule has 2 N–H and O–H groups in total. The van der Waals surface area contributed by atoms with Crippen molar-refractivity contribution >= 4 is 11.6 Å². The molecule has 4 heteroatoms. The summed E-state index contributed by atoms with van der Waals surface area (Å²) in [5.41, 5.74) is 2.17. The van der Waals surface area contributed by atoms with E-state index >= 15 is 0 Å². The van der Waals surface area contributed by atoms with Crippen molar-refractivity contribution in [2.75, 3.05) is 25.5 Å². The Balaban J connectivity index is 1.81. The first-order valence-electron chi connectivity index (χ1n) is 8.02. The Kier molecular flexibility index (Phi) is 5.24. The van der Waals surface area contributed by atoms with E-state index in [9.17, 15) is 9.90 Å². The number of carbonyl (C=O) groups excluding carboxylic acids is 1. The highest BCUT2D eigenvalue weighted by atomic mass is 16.3. The number of hydrogen-bond acceptors (Lipinski definition) is 3. The Morgan fingerprint density at radius 1 is 1.32 bits per heavy atom. The number of nitrogens with zero attached hydrogens (tertiary/aromatic N) is 1. The van der Waals surface area contributed by atoms with Gasteiger partial charge in [-0.3, -0.25) is 9.69 Å². The first-order valence-corrected chi connectivity index (χ1v) is 8.02. The Hall–Kier alpha value is -1.39. The summed E-state index contributed by atoms with van der Waals surface area (Å²) in [4.78, 5) is 13.9. The predicted molar refractivity (Wildman–Crippen MR) is 90.0 cm³/mol. The van der Waals surface area contributed by atoms with Gasteiger partial charge in [0.25, 0.3) is 0 Å². The average molecular weight is 304 g/mol. The highest BCUT2D eigenvalue weighted by molar-refractivity contribution is 5.92. The largest absolute Gasteiger partial charge is 0.392 e. The molecule has 0 bridgehead atoms. The molecule has 2 rings (SSSR count). The molecule has 4 nitrogen and oxygen atoms in total. The van der Waals surface area contributed by atoms with Crippen molar-refractivity contribution in [2.24, 2.45) is 5.92 Å². The van der Waals surface area contributed by atoms with Crippen molar-refractivity contribution in [3.8, 4) is 0 Å². The van der Waals surface area contributed by atoms with Gasteiger partial charge in [-0.15, -0.1) is 0 Å². The molecule has 0 spiro atoms. The molecule has 0 heterocycles. The van der Waals surface area contributed by atoms with E-state index in [2.05, 4.69) is 38.2 Å². The molecule has 1 saturated carbocycles. The van der Waals surface area contributed by atoms with E-state index in [0.29, 0.717) is 19.0 Å². The number of rotatable bonds is 6. The minimum absolute atomic E-state index is 0.0472. The molecule has 1 aromatic carbocycles. The molecule has 1 amide bonds. The maximum atomic E-state index is 12.0. The summed E-state index contributed by atoms with van der Waals surface area (Å²) in [5.74, 6) is 0.393. The number of benzene rings is 1. The van der Waals surface area contributed by atoms with Gasteiger partial charge in [0.05, 0.1) is 12.6 Å². The normalized spacial score (nSPS) is 16.6. The SMILES string of the molecule is CN(CC(=O)Nc1ccc(C(C)(C)C)cc1)CC(O)C1CC1. The molecular formula is C18H28N2O2. The smallest absolute Gasteiger partial charge is 0.238 e. The Morgan fingerprint density at radius 2 is 1.91 bits per heavy atom. The molecule has 1 aromatic rings. The summed E-state index contributed by atoms with van der Waals surface area (Å²) in [5, 5.41) is 12.8. The molecule has 0 aromatic heterocycles. The van der Waals surface area contributed by atoms with E-state index < -0.39 is 0 Å². The second-order valence-electron chi connectivity index (χ2n) is 7.48. The van der Waals surface area contributed by atoms with E-state index in [1.807, 2.05) is 24.1 Å². The molecule has 122 valence electrons. The van der Waals surface area contributed by atoms with Gasteiger partial charge in [-0.05, 0) is 48.9 Å². The van der Waals surface area contributed by atoms with Gasteiger partial charge in [-0.25, -0.2) is 0 Å². The fourth-order valence-electron chi connectivity index (χ4n) is 2.51. The fourth-order valence-corrected chi connectivity index (χ4v) is 2.51. The van der Waals surface area contributed by atoms with Crippen molar-refractivity contribution < 1.29 is 9.90 Å². The lowest BCUT2D eigenvalue weighted by Crippen LogP contribution is -2.36. The lowest BCUT2D eigenvalue weighted by Gasteiger charge is -2.21. The molecule has 1 unspecified atom stereocenters. The number of hydrogen-bond donors (Lipinski definition) is 2. The Labute approximate surface area is 133 Å². The van der Waals surface area contributed by atoms with Gasteiger partial charge in [0, 0.05) is 12.2 Å². The topological polar surface area (TPSA) is 52.6 Å². The van der Waals surface area contributed by atoms with Gasteiger partial charge in [0.1, 0.15) is 0 Å². The third-order valence-electron chi connectivity index (χ3n) is 4.11. The molecule has 0 radical (unpaired) electrons. The maximum Gasteiger partial charge on any atom is 0.238 e. The number of carbonyl (C=O) groups is 1. The van der Waals surface area contributed by atoms with Crippen LogP contribution >= 0.6 is 0 Å². The average Bonchev–Trinajstić information content (AvgIpc) is 3.21. The van der Waals surface area contributed by atoms with Crippen molar-refractivity contribution in [2.45, 2.75) is 45.1 Å². The molecular weight excluding hydrogens is 276 g/mol. The Bertz CT molecular complexity index is 501. The van der Waals surface area contributed by atoms with Crippen LogP contribution in [0.1, 0.15) is 39.2 Å². The maximum absolute atomic E-state index is 12.0. The van der Waals surface area contributed by atoms with E-state index in [0.717, 1.165) is 18.5 Å². The highest BCUT2D eigenvalue weighted by Crippen LogP contribution is 2.32. The summed E-state index contributed by atoms with van der Waals surface area (Å²) in [6.07, 6.45) is 1.92. The lowest BCUT2D eigenvalue weighted by molar-refractivity contribution is -0.117. The van der Waals surface area contributed by atoms with Crippen LogP contribution in [-0.4, -0.2) is 42.2 Å². The minimum Gasteiger partial charge on any atom is -0.392 e. The van der Waals surface area contributed by atoms with Gasteiger partial charge < -0.3 is 10.4 Å². The third-order valence-corrected chi connectivity index (χ3v) is 4.11. The summed E-state index contributed by atoms with van der Waals surface area (Å²) >= 11 is 0. The minimum atomic E-state index is -0.302. The van der Waals surface area contributed by atoms with Crippen LogP contribution in [0.15, 0.2) is 24.3 Å². The number of likely N-dealkylation sites (N-methyl/N-ethyl adjacent to an activating group) is 1. The van der Waals surface area contributed by atoms with Crippen molar-refractivity contribution in [1.29, 1.82) is 0 Å². The first kappa shape index (κ1) is 17.0. The zero-order chi connectivity index (χ0) is 16.3. The van der Waals surface area contributed by atoms with Crippen LogP contribution in [-0.2, 0) is 10.2 Å². The van der Waals surface area contributed by atoms with E-state index in [-0.39, 0.29) is 17.4 Å². The zero-order valence-corrected chi connectivity index (χ0v) is 14.1. The molecule has 22 heavy (non-hydrogen) atoms. The first-order chi connectivity index (χ1) is 10.3. The van der Waals surface area contributed by atoms with Gasteiger partial charge in [0.2, 0.25) is 5.91 Å². The summed E-state index contributed by atoms with van der Waals surface area (Å²) < 4.78 is 0. The molecule has 0 aliphatic heterocycles. The number of aliphatic hydroxyl groups is 1. The van der Waals surface area contributed by atoms with Crippen LogP contribution in [0, 0.1) is 5.92 Å². The van der Waals surface area contributed by atoms with Gasteiger partial charge in [-0.2, -0.15) is 0 Å². The number of amides is 1. The van der Waals surface area contributed by atoms with Crippen LogP contribution in [0.5, 0.6) is 0 Å². The quantitative estimate of drug-likeness (QED) is 0.849. The molecule has 0 saturated heterocycles. The number of aliphatic hydroxyl groups excluding tert-OH is 1. The van der Waals surface area contributed by atoms with Gasteiger partial charge in [-0.1, -0.05) is 32.9 Å². The lowest BCUT2D eigenvalue weighted by atomic mass is 9.87. The third kappa shape index (κ3) is 5.11. The standard InChI is InChI=1S/C18H28N2O2/c1-18(2,3)14-7-9-15(10-8-14)19-17(22)12-20(4)11-16(21)13-5-6-13/h7-10,13,16,21H,5-6,11-12H2,1-4H3,(H,19,22). The molecule has 1 aliphatic carbocycles. The monoisotopic (exact) mass is 304 g/mol. The predicted octanol–water partition coefficient (Wildman–Crippen LogP) is 2.63. The number of anilines is 1. The number of nitrogens with one attached hydrogen (secondary N) is 1. The summed E-state index contributed by atoms with van der Waals surface area (Å²) in [6.45, 7) is 7.36. The van der Waals surface area contributed by atoms with Crippen LogP contribution in [0.4, 0.5) is 5.69 Å². The van der Waals surface area contributed by atoms with Crippen molar-refractivity contribution in [3.63, 3.8) is 0 Å². The van der Waals surface area contributed by atoms with Crippen molar-refractivity contribution in [3.05, 3.63) is 29.8 Å². The Morgan fingerprint density at radius 3 is 2.41 bits per heavy atom. The van der Waals surface area contributed by atoms with Crippen LogP contribution in [0.3, 0.4) is 0 Å². The fraction of sp³-hybridized carbons (Fsp3) is 0.611. The van der Waals surface area contributed by atoms with Crippen LogP contribution < -0.4 is 5.32 Å². The summed E-state index contributed by atoms with van der Waals surface area (Å²) in [7, 11) is 1.87. The molecule has 1 fully saturated rings. The summed E-state index contributed by atoms with van der Waals surface area (Å²) in [6, 6.07) is 7.99. The molecule has 1 aliphatic rings. The van der Waals surface area contributed by atoms with Gasteiger partial charge >= 0.3 is 0 Å². The van der Waals surface area contributed by atoms with Crippen LogP contribution in [0.2, 0.25) is 0 Å². The second kappa shape index (κ2) is 6.80. The van der Waals surface area contributed by atoms with Gasteiger partial charge in [0.15, 0.2) is 0 Å². The second-order valence-corrected chi connectivity index (χ2v) is 7.48. The van der Waals surface area contributed by atoms with E-state index in [1.54, 1.807) is 0 Å². The van der Waals surface area contributed by atoms with E-state index in [4.69, 9.17) is 0 Å².